The van der Waals surface area contributed by atoms with Crippen LogP contribution in [0.15, 0.2) is 60.7 Å². The summed E-state index contributed by atoms with van der Waals surface area (Å²) in [4.78, 5) is 160. The number of aliphatic hydroxyl groups excluding tert-OH is 2. The van der Waals surface area contributed by atoms with Crippen molar-refractivity contribution in [2.75, 3.05) is 31.2 Å². The fourth-order valence-corrected chi connectivity index (χ4v) is 8.60. The molecular formula is C53H82N18O14S2. The number of amides is 12. The molecule has 0 aliphatic carbocycles. The summed E-state index contributed by atoms with van der Waals surface area (Å²) in [7, 11) is 0. The summed E-state index contributed by atoms with van der Waals surface area (Å²) in [5, 5.41) is 65.1. The molecule has 34 heteroatoms. The molecule has 12 amide bonds. The fourth-order valence-electron chi connectivity index (χ4n) is 8.09. The van der Waals surface area contributed by atoms with Gasteiger partial charge in [-0.3, -0.25) is 68.4 Å². The maximum Gasteiger partial charge on any atom is 0.245 e. The lowest BCUT2D eigenvalue weighted by Gasteiger charge is -2.28. The molecule has 2 rings (SSSR count). The van der Waals surface area contributed by atoms with E-state index in [-0.39, 0.29) is 81.9 Å². The van der Waals surface area contributed by atoms with Crippen molar-refractivity contribution in [2.45, 2.75) is 139 Å². The van der Waals surface area contributed by atoms with E-state index in [1.807, 2.05) is 0 Å². The molecular weight excluding hydrogens is 1180 g/mol. The number of hydrogen-bond acceptors (Lipinski definition) is 18. The summed E-state index contributed by atoms with van der Waals surface area (Å²) in [5.74, 6) is -12.5. The van der Waals surface area contributed by atoms with E-state index < -0.39 is 150 Å². The monoisotopic (exact) mass is 1260 g/mol. The van der Waals surface area contributed by atoms with Crippen LogP contribution in [0.2, 0.25) is 0 Å². The second-order valence-corrected chi connectivity index (χ2v) is 20.7. The number of rotatable bonds is 39. The largest absolute Gasteiger partial charge is 0.394 e. The van der Waals surface area contributed by atoms with Crippen molar-refractivity contribution in [3.8, 4) is 0 Å². The topological polar surface area (TPSA) is 541 Å². The molecule has 0 bridgehead atoms. The summed E-state index contributed by atoms with van der Waals surface area (Å²) in [6, 6.07) is 1.89. The molecule has 24 N–H and O–H groups in total. The van der Waals surface area contributed by atoms with Crippen LogP contribution in [0.1, 0.15) is 70.4 Å². The highest BCUT2D eigenvalue weighted by Gasteiger charge is 2.36. The van der Waals surface area contributed by atoms with Gasteiger partial charge in [-0.25, -0.2) is 0 Å². The van der Waals surface area contributed by atoms with Crippen molar-refractivity contribution in [1.29, 1.82) is 10.8 Å². The van der Waals surface area contributed by atoms with Crippen molar-refractivity contribution in [3.05, 3.63) is 71.8 Å². The van der Waals surface area contributed by atoms with Crippen LogP contribution in [0, 0.1) is 10.8 Å². The van der Waals surface area contributed by atoms with Gasteiger partial charge < -0.3 is 96.9 Å². The first-order valence-corrected chi connectivity index (χ1v) is 28.7. The Labute approximate surface area is 513 Å². The van der Waals surface area contributed by atoms with E-state index in [4.69, 9.17) is 33.8 Å². The first kappa shape index (κ1) is 74.3. The molecule has 2 aromatic rings. The number of nitrogens with two attached hydrogens (primary N) is 4. The van der Waals surface area contributed by atoms with Crippen molar-refractivity contribution < 1.29 is 67.7 Å². The first-order valence-electron chi connectivity index (χ1n) is 27.4. The third-order valence-electron chi connectivity index (χ3n) is 12.7. The van der Waals surface area contributed by atoms with E-state index in [0.29, 0.717) is 11.1 Å². The minimum absolute atomic E-state index is 0.0141. The zero-order chi connectivity index (χ0) is 65.3. The molecule has 0 saturated carbocycles. The Morgan fingerprint density at radius 2 is 0.816 bits per heavy atom. The Morgan fingerprint density at radius 1 is 0.471 bits per heavy atom. The fraction of sp³-hybridized carbons (Fsp3) is 0.509. The molecule has 0 radical (unpaired) electrons. The standard InChI is InChI=1S/C53H82N18O14S2/c1-27(43(77)69-39(26-87)51(85)71-41(28(2)73)42(55)76)62-49(83)37(24-72)68-45(79)33(17-11-21-61-53(58)59)64-47(81)35(22-30-12-6-4-7-13-30)67-48(82)36(23-31-14-8-5-9-15-31)66-44(78)32(16-10-20-60-52(56)57)65-50(84)38(25-86)70-46(80)34(63-29(3)74)18-19-40(54)75/h4-9,12-15,27-28,32-39,41,72-73,86-87H,10-11,16-26H2,1-3H3,(H2,54,75)(H2,55,76)(H,62,83)(H,63,74)(H,64,81)(H,65,84)(H,66,78)(H,67,82)(H,68,79)(H,69,77)(H,70,80)(H,71,85)(H4,56,57,60)(H4,58,59,61)/t27-,28+,32-,33-,34-,35-,36-,37-,38-,39-,41-/m0/s1. The number of benzene rings is 2. The van der Waals surface area contributed by atoms with Gasteiger partial charge in [0.2, 0.25) is 70.9 Å². The molecule has 480 valence electrons. The van der Waals surface area contributed by atoms with Gasteiger partial charge in [-0.05, 0) is 57.1 Å². The molecule has 0 aromatic heterocycles. The number of nitrogens with one attached hydrogen (secondary N) is 14. The molecule has 11 atom stereocenters. The van der Waals surface area contributed by atoms with Gasteiger partial charge in [0.15, 0.2) is 11.9 Å². The lowest BCUT2D eigenvalue weighted by atomic mass is 10.0. The highest BCUT2D eigenvalue weighted by atomic mass is 32.1. The molecule has 0 spiro atoms. The highest BCUT2D eigenvalue weighted by Crippen LogP contribution is 2.11. The maximum atomic E-state index is 14.7. The minimum Gasteiger partial charge on any atom is -0.394 e. The Bertz CT molecular complexity index is 2700. The van der Waals surface area contributed by atoms with Crippen LogP contribution in [-0.2, 0) is 70.4 Å². The third kappa shape index (κ3) is 28.3. The van der Waals surface area contributed by atoms with E-state index in [1.54, 1.807) is 60.7 Å². The van der Waals surface area contributed by atoms with E-state index in [1.165, 1.54) is 13.8 Å². The number of thiol groups is 2. The van der Waals surface area contributed by atoms with Gasteiger partial charge in [-0.15, -0.1) is 0 Å². The smallest absolute Gasteiger partial charge is 0.245 e. The second kappa shape index (κ2) is 39.0. The van der Waals surface area contributed by atoms with Crippen molar-refractivity contribution in [3.63, 3.8) is 0 Å². The maximum absolute atomic E-state index is 14.7. The van der Waals surface area contributed by atoms with Gasteiger partial charge in [-0.2, -0.15) is 25.3 Å². The Hall–Kier alpha value is -8.76. The molecule has 0 aliphatic heterocycles. The number of carbonyl (C=O) groups excluding carboxylic acids is 12. The van der Waals surface area contributed by atoms with E-state index in [0.717, 1.165) is 6.92 Å². The lowest BCUT2D eigenvalue weighted by Crippen LogP contribution is -2.61. The molecule has 32 nitrogen and oxygen atoms in total. The van der Waals surface area contributed by atoms with Gasteiger partial charge in [0.25, 0.3) is 0 Å². The van der Waals surface area contributed by atoms with Crippen LogP contribution < -0.4 is 86.7 Å². The van der Waals surface area contributed by atoms with Gasteiger partial charge >= 0.3 is 0 Å². The van der Waals surface area contributed by atoms with Crippen LogP contribution in [0.3, 0.4) is 0 Å². The Balaban J connectivity index is 2.53. The Morgan fingerprint density at radius 3 is 1.18 bits per heavy atom. The molecule has 0 heterocycles. The highest BCUT2D eigenvalue weighted by molar-refractivity contribution is 7.80. The molecule has 0 fully saturated rings. The summed E-state index contributed by atoms with van der Waals surface area (Å²) < 4.78 is 0. The summed E-state index contributed by atoms with van der Waals surface area (Å²) >= 11 is 8.28. The number of aliphatic hydroxyl groups is 2. The summed E-state index contributed by atoms with van der Waals surface area (Å²) in [5.41, 5.74) is 22.5. The number of primary amides is 2. The molecule has 2 aromatic carbocycles. The van der Waals surface area contributed by atoms with Crippen LogP contribution in [0.4, 0.5) is 0 Å². The SMILES string of the molecule is CC(=O)N[C@@H](CCC(N)=O)C(=O)N[C@@H](CS)C(=O)N[C@@H](CCCNC(=N)N)C(=O)N[C@@H](Cc1ccccc1)C(=O)N[C@@H](Cc1ccccc1)C(=O)N[C@@H](CCCNC(=N)N)C(=O)N[C@@H](CO)C(=O)N[C@@H](C)C(=O)N[C@@H](CS)C(=O)N[C@H](C(N)=O)[C@@H](C)O. The average Bonchev–Trinajstić information content (AvgIpc) is 3.43. The van der Waals surface area contributed by atoms with Gasteiger partial charge in [0.1, 0.15) is 60.4 Å². The van der Waals surface area contributed by atoms with Gasteiger partial charge in [-0.1, -0.05) is 60.7 Å². The van der Waals surface area contributed by atoms with Crippen LogP contribution in [-0.4, -0.2) is 191 Å². The molecule has 0 aliphatic rings. The zero-order valence-corrected chi connectivity index (χ0v) is 50.1. The zero-order valence-electron chi connectivity index (χ0n) is 48.3. The number of hydrogen-bond donors (Lipinski definition) is 22. The molecule has 87 heavy (non-hydrogen) atoms. The lowest BCUT2D eigenvalue weighted by molar-refractivity contribution is -0.136. The van der Waals surface area contributed by atoms with Gasteiger partial charge in [0.05, 0.1) is 12.7 Å². The van der Waals surface area contributed by atoms with Crippen LogP contribution in [0.5, 0.6) is 0 Å². The molecule has 0 unspecified atom stereocenters. The quantitative estimate of drug-likeness (QED) is 0.0128. The van der Waals surface area contributed by atoms with Crippen molar-refractivity contribution >= 4 is 108 Å². The predicted octanol–water partition coefficient (Wildman–Crippen LogP) is -7.13. The Kier molecular flexibility index (Phi) is 33.4. The summed E-state index contributed by atoms with van der Waals surface area (Å²) in [6.07, 6.45) is -2.47. The van der Waals surface area contributed by atoms with Gasteiger partial charge in [0, 0.05) is 50.8 Å². The van der Waals surface area contributed by atoms with Crippen LogP contribution >= 0.6 is 25.3 Å². The third-order valence-corrected chi connectivity index (χ3v) is 13.5. The first-order chi connectivity index (χ1) is 41.1. The predicted molar refractivity (Wildman–Crippen MR) is 323 cm³/mol. The number of carbonyl (C=O) groups is 12. The molecule has 0 saturated heterocycles. The van der Waals surface area contributed by atoms with E-state index in [9.17, 15) is 67.7 Å². The number of guanidine groups is 2. The van der Waals surface area contributed by atoms with E-state index >= 15 is 0 Å². The van der Waals surface area contributed by atoms with Crippen molar-refractivity contribution in [1.82, 2.24) is 63.8 Å². The van der Waals surface area contributed by atoms with Crippen LogP contribution in [0.25, 0.3) is 0 Å². The normalized spacial score (nSPS) is 14.6. The summed E-state index contributed by atoms with van der Waals surface area (Å²) in [6.45, 7) is 2.58. The average molecular weight is 1260 g/mol. The van der Waals surface area contributed by atoms with E-state index in [2.05, 4.69) is 89.1 Å². The minimum atomic E-state index is -1.76. The van der Waals surface area contributed by atoms with Crippen molar-refractivity contribution in [2.24, 2.45) is 22.9 Å². The second-order valence-electron chi connectivity index (χ2n) is 19.9.